The molecule has 0 atom stereocenters. The molecular formula is C10H18N3O3PS. The maximum absolute atomic E-state index is 5.52. The van der Waals surface area contributed by atoms with Crippen molar-refractivity contribution < 1.29 is 13.6 Å². The highest BCUT2D eigenvalue weighted by Crippen LogP contribution is 2.47. The molecule has 0 aromatic carbocycles. The van der Waals surface area contributed by atoms with E-state index >= 15 is 0 Å². The lowest BCUT2D eigenvalue weighted by atomic mass is 10.4. The van der Waals surface area contributed by atoms with Crippen molar-refractivity contribution in [3.05, 3.63) is 11.8 Å². The first-order valence-electron chi connectivity index (χ1n) is 5.42. The van der Waals surface area contributed by atoms with Crippen LogP contribution in [0.2, 0.25) is 0 Å². The molecule has 0 unspecified atom stereocenters. The zero-order chi connectivity index (χ0) is 13.8. The first-order chi connectivity index (χ1) is 8.44. The van der Waals surface area contributed by atoms with Gasteiger partial charge in [-0.15, -0.1) is 0 Å². The van der Waals surface area contributed by atoms with Crippen LogP contribution in [-0.2, 0) is 20.9 Å². The summed E-state index contributed by atoms with van der Waals surface area (Å²) in [4.78, 5) is 10.5. The third-order valence-electron chi connectivity index (χ3n) is 2.29. The number of rotatable bonds is 6. The second-order valence-electron chi connectivity index (χ2n) is 3.57. The van der Waals surface area contributed by atoms with Crippen molar-refractivity contribution in [3.8, 4) is 5.88 Å². The number of nitrogens with zero attached hydrogens (tertiary/aromatic N) is 3. The van der Waals surface area contributed by atoms with Crippen LogP contribution in [-0.4, -0.2) is 37.8 Å². The summed E-state index contributed by atoms with van der Waals surface area (Å²) in [6.45, 7) is 1.92. The summed E-state index contributed by atoms with van der Waals surface area (Å²) < 4.78 is 15.6. The summed E-state index contributed by atoms with van der Waals surface area (Å²) in [6, 6.07) is 1.70. The summed E-state index contributed by atoms with van der Waals surface area (Å²) in [7, 11) is 4.82. The highest BCUT2D eigenvalue weighted by Gasteiger charge is 2.20. The van der Waals surface area contributed by atoms with Gasteiger partial charge in [-0.1, -0.05) is 0 Å². The standard InChI is InChI=1S/C10H18N3O3PS/c1-6-13(3)10-11-8(2)7-9(12-10)16-17(18,14-4)15-5/h7H,6H2,1-5H3. The van der Waals surface area contributed by atoms with Crippen LogP contribution in [0.25, 0.3) is 0 Å². The van der Waals surface area contributed by atoms with Gasteiger partial charge in [-0.2, -0.15) is 4.98 Å². The van der Waals surface area contributed by atoms with E-state index in [1.807, 2.05) is 25.8 Å². The minimum Gasteiger partial charge on any atom is -0.405 e. The fraction of sp³-hybridized carbons (Fsp3) is 0.600. The first kappa shape index (κ1) is 15.3. The molecule has 0 aliphatic carbocycles. The Hall–Kier alpha value is -0.750. The summed E-state index contributed by atoms with van der Waals surface area (Å²) in [5.74, 6) is 0.950. The maximum atomic E-state index is 5.52. The smallest absolute Gasteiger partial charge is 0.381 e. The average molecular weight is 291 g/mol. The predicted octanol–water partition coefficient (Wildman–Crippen LogP) is 2.14. The van der Waals surface area contributed by atoms with E-state index in [-0.39, 0.29) is 0 Å². The van der Waals surface area contributed by atoms with E-state index in [1.54, 1.807) is 6.07 Å². The Morgan fingerprint density at radius 1 is 1.33 bits per heavy atom. The molecule has 0 N–H and O–H groups in total. The zero-order valence-electron chi connectivity index (χ0n) is 11.2. The lowest BCUT2D eigenvalue weighted by Crippen LogP contribution is -2.19. The van der Waals surface area contributed by atoms with Crippen molar-refractivity contribution in [1.29, 1.82) is 0 Å². The van der Waals surface area contributed by atoms with Gasteiger partial charge in [0, 0.05) is 51.4 Å². The maximum Gasteiger partial charge on any atom is 0.381 e. The van der Waals surface area contributed by atoms with E-state index in [4.69, 9.17) is 25.4 Å². The van der Waals surface area contributed by atoms with E-state index in [0.29, 0.717) is 11.8 Å². The molecule has 0 fully saturated rings. The molecule has 8 heteroatoms. The molecule has 0 amide bonds. The third kappa shape index (κ3) is 3.88. The predicted molar refractivity (Wildman–Crippen MR) is 74.6 cm³/mol. The van der Waals surface area contributed by atoms with E-state index in [0.717, 1.165) is 12.2 Å². The Kier molecular flexibility index (Phi) is 5.47. The molecule has 0 spiro atoms. The van der Waals surface area contributed by atoms with Crippen molar-refractivity contribution in [2.24, 2.45) is 0 Å². The van der Waals surface area contributed by atoms with Crippen molar-refractivity contribution in [3.63, 3.8) is 0 Å². The van der Waals surface area contributed by atoms with Gasteiger partial charge in [0.15, 0.2) is 0 Å². The van der Waals surface area contributed by atoms with E-state index in [2.05, 4.69) is 9.97 Å². The van der Waals surface area contributed by atoms with Crippen LogP contribution in [0.5, 0.6) is 5.88 Å². The Bertz CT molecular complexity index is 450. The topological polar surface area (TPSA) is 56.7 Å². The molecule has 0 aliphatic rings. The number of aryl methyl sites for hydroxylation is 1. The zero-order valence-corrected chi connectivity index (χ0v) is 12.9. The second kappa shape index (κ2) is 6.43. The molecule has 1 rings (SSSR count). The summed E-state index contributed by atoms with van der Waals surface area (Å²) >= 11 is 5.14. The van der Waals surface area contributed by atoms with Crippen LogP contribution < -0.4 is 9.42 Å². The third-order valence-corrected chi connectivity index (χ3v) is 4.71. The SMILES string of the molecule is CCN(C)c1nc(C)cc(OP(=S)(OC)OC)n1. The molecule has 0 aliphatic heterocycles. The van der Waals surface area contributed by atoms with E-state index < -0.39 is 6.72 Å². The van der Waals surface area contributed by atoms with E-state index in [1.165, 1.54) is 14.2 Å². The van der Waals surface area contributed by atoms with E-state index in [9.17, 15) is 0 Å². The molecule has 0 radical (unpaired) electrons. The van der Waals surface area contributed by atoms with Crippen molar-refractivity contribution in [2.45, 2.75) is 13.8 Å². The van der Waals surface area contributed by atoms with Crippen LogP contribution in [0.3, 0.4) is 0 Å². The molecule has 102 valence electrons. The van der Waals surface area contributed by atoms with Gasteiger partial charge >= 0.3 is 6.72 Å². The largest absolute Gasteiger partial charge is 0.405 e. The lowest BCUT2D eigenvalue weighted by molar-refractivity contribution is 0.270. The quantitative estimate of drug-likeness (QED) is 0.744. The minimum absolute atomic E-state index is 0.366. The lowest BCUT2D eigenvalue weighted by Gasteiger charge is -2.19. The highest BCUT2D eigenvalue weighted by atomic mass is 32.5. The van der Waals surface area contributed by atoms with Gasteiger partial charge in [-0.05, 0) is 13.8 Å². The summed E-state index contributed by atoms with van der Waals surface area (Å²) in [5.41, 5.74) is 0.795. The monoisotopic (exact) mass is 291 g/mol. The van der Waals surface area contributed by atoms with Crippen molar-refractivity contribution in [2.75, 3.05) is 32.7 Å². The number of hydrogen-bond acceptors (Lipinski definition) is 7. The highest BCUT2D eigenvalue weighted by molar-refractivity contribution is 8.07. The van der Waals surface area contributed by atoms with Gasteiger partial charge < -0.3 is 18.5 Å². The van der Waals surface area contributed by atoms with Gasteiger partial charge in [0.1, 0.15) is 0 Å². The van der Waals surface area contributed by atoms with Gasteiger partial charge in [0.25, 0.3) is 0 Å². The fourth-order valence-corrected chi connectivity index (χ4v) is 2.00. The molecule has 1 heterocycles. The molecule has 0 saturated carbocycles. The van der Waals surface area contributed by atoms with Crippen LogP contribution in [0.1, 0.15) is 12.6 Å². The summed E-state index contributed by atoms with van der Waals surface area (Å²) in [6.07, 6.45) is 0. The Labute approximate surface area is 113 Å². The summed E-state index contributed by atoms with van der Waals surface area (Å²) in [5, 5.41) is 0. The molecule has 1 aromatic heterocycles. The average Bonchev–Trinajstić information content (AvgIpc) is 2.36. The molecule has 18 heavy (non-hydrogen) atoms. The number of hydrogen-bond donors (Lipinski definition) is 0. The van der Waals surface area contributed by atoms with Crippen molar-refractivity contribution >= 4 is 24.5 Å². The van der Waals surface area contributed by atoms with Gasteiger partial charge in [-0.25, -0.2) is 4.98 Å². The van der Waals surface area contributed by atoms with Crippen LogP contribution in [0, 0.1) is 6.92 Å². The molecular weight excluding hydrogens is 273 g/mol. The normalized spacial score (nSPS) is 11.4. The number of anilines is 1. The van der Waals surface area contributed by atoms with Crippen LogP contribution in [0.15, 0.2) is 6.07 Å². The fourth-order valence-electron chi connectivity index (χ4n) is 1.15. The van der Waals surface area contributed by atoms with Crippen molar-refractivity contribution in [1.82, 2.24) is 9.97 Å². The molecule has 6 nitrogen and oxygen atoms in total. The van der Waals surface area contributed by atoms with Crippen LogP contribution >= 0.6 is 6.72 Å². The van der Waals surface area contributed by atoms with Gasteiger partial charge in [0.05, 0.1) is 0 Å². The molecule has 0 bridgehead atoms. The Morgan fingerprint density at radius 3 is 2.44 bits per heavy atom. The molecule has 0 saturated heterocycles. The Balaban J connectivity index is 3.03. The minimum atomic E-state index is -2.76. The van der Waals surface area contributed by atoms with Crippen LogP contribution in [0.4, 0.5) is 5.95 Å². The van der Waals surface area contributed by atoms with Gasteiger partial charge in [0.2, 0.25) is 11.8 Å². The Morgan fingerprint density at radius 2 is 1.94 bits per heavy atom. The second-order valence-corrected chi connectivity index (χ2v) is 6.71. The van der Waals surface area contributed by atoms with Gasteiger partial charge in [-0.3, -0.25) is 0 Å². The first-order valence-corrected chi connectivity index (χ1v) is 7.97. The number of aromatic nitrogens is 2. The molecule has 1 aromatic rings.